The maximum absolute atomic E-state index is 13.2. The minimum absolute atomic E-state index is 0.252. The molecule has 2 amide bonds. The highest BCUT2D eigenvalue weighted by atomic mass is 16.6. The Hall–Kier alpha value is -4.12. The fraction of sp³-hybridized carbons (Fsp3) is 0.448. The number of nitrogens with zero attached hydrogens (tertiary/aromatic N) is 5. The van der Waals surface area contributed by atoms with Crippen molar-refractivity contribution in [3.8, 4) is 5.75 Å². The third-order valence-corrected chi connectivity index (χ3v) is 6.91. The average Bonchev–Trinajstić information content (AvgIpc) is 3.53. The number of fused-ring (bicyclic) bond motifs is 2. The van der Waals surface area contributed by atoms with Crippen molar-refractivity contribution in [3.63, 3.8) is 0 Å². The number of hydrogen-bond donors (Lipinski definition) is 1. The molecule has 0 spiro atoms. The minimum Gasteiger partial charge on any atom is -0.491 e. The maximum atomic E-state index is 13.2. The largest absolute Gasteiger partial charge is 0.491 e. The van der Waals surface area contributed by atoms with Gasteiger partial charge >= 0.3 is 6.09 Å². The number of carbonyl (C=O) groups is 2. The Kier molecular flexibility index (Phi) is 7.92. The number of methoxy groups -OCH3 is 1. The number of hydrogen-bond acceptors (Lipinski definition) is 7. The molecular weight excluding hydrogens is 512 g/mol. The molecule has 1 aromatic carbocycles. The second-order valence-corrected chi connectivity index (χ2v) is 11.0. The topological polar surface area (TPSA) is 112 Å². The number of likely N-dealkylation sites (tertiary alicyclic amines) is 1. The van der Waals surface area contributed by atoms with Crippen molar-refractivity contribution < 1.29 is 23.8 Å². The third kappa shape index (κ3) is 6.20. The van der Waals surface area contributed by atoms with Gasteiger partial charge in [-0.15, -0.1) is 0 Å². The maximum Gasteiger partial charge on any atom is 0.410 e. The van der Waals surface area contributed by atoms with Gasteiger partial charge in [0.25, 0.3) is 5.91 Å². The summed E-state index contributed by atoms with van der Waals surface area (Å²) in [4.78, 5) is 31.8. The number of rotatable bonds is 8. The van der Waals surface area contributed by atoms with Gasteiger partial charge in [-0.1, -0.05) is 6.07 Å². The molecule has 4 aromatic rings. The van der Waals surface area contributed by atoms with Gasteiger partial charge in [-0.2, -0.15) is 5.10 Å². The fourth-order valence-corrected chi connectivity index (χ4v) is 4.88. The van der Waals surface area contributed by atoms with E-state index in [4.69, 9.17) is 14.2 Å². The predicted molar refractivity (Wildman–Crippen MR) is 151 cm³/mol. The van der Waals surface area contributed by atoms with E-state index in [9.17, 15) is 9.59 Å². The lowest BCUT2D eigenvalue weighted by atomic mass is 9.97. The molecule has 0 saturated carbocycles. The Morgan fingerprint density at radius 3 is 2.65 bits per heavy atom. The van der Waals surface area contributed by atoms with Crippen LogP contribution in [0.25, 0.3) is 16.6 Å². The standard InChI is InChI=1S/C29H36N6O5/c1-29(2,3)40-28(37)33-11-8-20(9-12-33)19-35-24-7-5-6-23(22(24)17-31-35)32-27(36)25-18-30-26-16-21(10-13-34(25)26)39-15-14-38-4/h5-7,10,13,16-18,20H,8-9,11-12,14-15,19H2,1-4H3,(H,32,36). The van der Waals surface area contributed by atoms with Crippen LogP contribution >= 0.6 is 0 Å². The molecule has 1 N–H and O–H groups in total. The number of amides is 2. The van der Waals surface area contributed by atoms with Gasteiger partial charge in [-0.25, -0.2) is 9.78 Å². The van der Waals surface area contributed by atoms with Crippen LogP contribution in [0.5, 0.6) is 5.75 Å². The smallest absolute Gasteiger partial charge is 0.410 e. The van der Waals surface area contributed by atoms with E-state index in [1.807, 2.05) is 43.7 Å². The lowest BCUT2D eigenvalue weighted by molar-refractivity contribution is 0.0177. The number of nitrogens with one attached hydrogen (secondary N) is 1. The molecule has 11 nitrogen and oxygen atoms in total. The summed E-state index contributed by atoms with van der Waals surface area (Å²) in [5.41, 5.74) is 2.16. The molecular formula is C29H36N6O5. The van der Waals surface area contributed by atoms with Gasteiger partial charge in [0.1, 0.15) is 29.3 Å². The summed E-state index contributed by atoms with van der Waals surface area (Å²) in [5.74, 6) is 0.784. The highest BCUT2D eigenvalue weighted by Crippen LogP contribution is 2.27. The number of ether oxygens (including phenoxy) is 3. The van der Waals surface area contributed by atoms with Gasteiger partial charge < -0.3 is 24.4 Å². The molecule has 40 heavy (non-hydrogen) atoms. The molecule has 0 bridgehead atoms. The van der Waals surface area contributed by atoms with E-state index in [0.29, 0.717) is 55.0 Å². The molecule has 11 heteroatoms. The molecule has 1 aliphatic heterocycles. The molecule has 0 atom stereocenters. The van der Waals surface area contributed by atoms with Gasteiger partial charge in [0.05, 0.1) is 30.2 Å². The number of aromatic nitrogens is 4. The normalized spacial score (nSPS) is 14.6. The van der Waals surface area contributed by atoms with Crippen molar-refractivity contribution >= 4 is 34.2 Å². The highest BCUT2D eigenvalue weighted by Gasteiger charge is 2.27. The van der Waals surface area contributed by atoms with E-state index in [2.05, 4.69) is 15.4 Å². The first-order valence-electron chi connectivity index (χ1n) is 13.5. The number of pyridine rings is 1. The van der Waals surface area contributed by atoms with Gasteiger partial charge in [0, 0.05) is 44.4 Å². The average molecular weight is 549 g/mol. The number of carbonyl (C=O) groups excluding carboxylic acids is 2. The molecule has 0 radical (unpaired) electrons. The molecule has 5 rings (SSSR count). The second-order valence-electron chi connectivity index (χ2n) is 11.0. The van der Waals surface area contributed by atoms with Crippen molar-refractivity contribution in [1.82, 2.24) is 24.1 Å². The Morgan fingerprint density at radius 2 is 1.90 bits per heavy atom. The van der Waals surface area contributed by atoms with Crippen molar-refractivity contribution in [2.45, 2.75) is 45.8 Å². The molecule has 3 aromatic heterocycles. The van der Waals surface area contributed by atoms with Crippen LogP contribution in [0.3, 0.4) is 0 Å². The number of anilines is 1. The van der Waals surface area contributed by atoms with Gasteiger partial charge in [0.2, 0.25) is 0 Å². The van der Waals surface area contributed by atoms with Crippen LogP contribution in [0, 0.1) is 5.92 Å². The number of benzene rings is 1. The van der Waals surface area contributed by atoms with Gasteiger partial charge in [-0.3, -0.25) is 13.9 Å². The molecule has 1 fully saturated rings. The van der Waals surface area contributed by atoms with Crippen molar-refractivity contribution in [2.75, 3.05) is 38.7 Å². The number of piperidine rings is 1. The monoisotopic (exact) mass is 548 g/mol. The lowest BCUT2D eigenvalue weighted by Crippen LogP contribution is -2.42. The van der Waals surface area contributed by atoms with Crippen LogP contribution in [0.4, 0.5) is 10.5 Å². The minimum atomic E-state index is -0.497. The van der Waals surface area contributed by atoms with Gasteiger partial charge in [0.15, 0.2) is 0 Å². The Balaban J connectivity index is 1.24. The Bertz CT molecular complexity index is 1500. The molecule has 0 aliphatic carbocycles. The first-order chi connectivity index (χ1) is 19.2. The summed E-state index contributed by atoms with van der Waals surface area (Å²) in [7, 11) is 1.62. The summed E-state index contributed by atoms with van der Waals surface area (Å²) >= 11 is 0. The first-order valence-corrected chi connectivity index (χ1v) is 13.5. The van der Waals surface area contributed by atoms with E-state index < -0.39 is 5.60 Å². The predicted octanol–water partition coefficient (Wildman–Crippen LogP) is 4.61. The zero-order chi connectivity index (χ0) is 28.3. The Morgan fingerprint density at radius 1 is 1.10 bits per heavy atom. The van der Waals surface area contributed by atoms with E-state index in [1.54, 1.807) is 47.1 Å². The van der Waals surface area contributed by atoms with Gasteiger partial charge in [-0.05, 0) is 57.7 Å². The van der Waals surface area contributed by atoms with Crippen LogP contribution in [-0.2, 0) is 16.0 Å². The quantitative estimate of drug-likeness (QED) is 0.320. The highest BCUT2D eigenvalue weighted by molar-refractivity contribution is 6.08. The van der Waals surface area contributed by atoms with Crippen LogP contribution in [0.1, 0.15) is 44.1 Å². The molecule has 0 unspecified atom stereocenters. The Labute approximate surface area is 233 Å². The summed E-state index contributed by atoms with van der Waals surface area (Å²) in [6.45, 7) is 8.64. The fourth-order valence-electron chi connectivity index (χ4n) is 4.88. The second kappa shape index (κ2) is 11.5. The summed E-state index contributed by atoms with van der Waals surface area (Å²) in [6.07, 6.45) is 6.62. The molecule has 1 aliphatic rings. The zero-order valence-corrected chi connectivity index (χ0v) is 23.4. The van der Waals surface area contributed by atoms with Crippen LogP contribution in [-0.4, -0.2) is 75.1 Å². The number of imidazole rings is 1. The molecule has 212 valence electrons. The SMILES string of the molecule is COCCOc1ccn2c(C(=O)Nc3cccc4c3cnn4CC3CCN(C(=O)OC(C)(C)C)CC3)cnc2c1. The summed E-state index contributed by atoms with van der Waals surface area (Å²) < 4.78 is 19.9. The van der Waals surface area contributed by atoms with Crippen molar-refractivity contribution in [2.24, 2.45) is 5.92 Å². The molecule has 4 heterocycles. The third-order valence-electron chi connectivity index (χ3n) is 6.91. The van der Waals surface area contributed by atoms with E-state index in [-0.39, 0.29) is 12.0 Å². The zero-order valence-electron chi connectivity index (χ0n) is 23.4. The van der Waals surface area contributed by atoms with Crippen LogP contribution in [0.15, 0.2) is 48.9 Å². The van der Waals surface area contributed by atoms with Crippen LogP contribution < -0.4 is 10.1 Å². The lowest BCUT2D eigenvalue weighted by Gasteiger charge is -2.33. The van der Waals surface area contributed by atoms with Crippen LogP contribution in [0.2, 0.25) is 0 Å². The summed E-state index contributed by atoms with van der Waals surface area (Å²) in [5, 5.41) is 8.53. The van der Waals surface area contributed by atoms with E-state index in [1.165, 1.54) is 0 Å². The summed E-state index contributed by atoms with van der Waals surface area (Å²) in [6, 6.07) is 9.38. The van der Waals surface area contributed by atoms with E-state index in [0.717, 1.165) is 30.3 Å². The van der Waals surface area contributed by atoms with E-state index >= 15 is 0 Å². The van der Waals surface area contributed by atoms with Crippen molar-refractivity contribution in [3.05, 3.63) is 54.6 Å². The first kappa shape index (κ1) is 27.4. The van der Waals surface area contributed by atoms with Crippen molar-refractivity contribution in [1.29, 1.82) is 0 Å². The molecule has 1 saturated heterocycles.